The average Bonchev–Trinajstić information content (AvgIpc) is 3.11. The number of carbonyl (C=O) groups is 3. The van der Waals surface area contributed by atoms with Crippen molar-refractivity contribution in [3.8, 4) is 11.5 Å². The summed E-state index contributed by atoms with van der Waals surface area (Å²) in [5.41, 5.74) is 1.81. The number of nitrogens with one attached hydrogen (secondary N) is 3. The molecule has 0 saturated carbocycles. The van der Waals surface area contributed by atoms with E-state index in [0.29, 0.717) is 35.7 Å². The van der Waals surface area contributed by atoms with Crippen LogP contribution in [-0.4, -0.2) is 64.6 Å². The fourth-order valence-electron chi connectivity index (χ4n) is 4.49. The number of amides is 5. The van der Waals surface area contributed by atoms with E-state index in [0.717, 1.165) is 10.5 Å². The third-order valence-corrected chi connectivity index (χ3v) is 8.42. The Morgan fingerprint density at radius 3 is 2.63 bits per heavy atom. The van der Waals surface area contributed by atoms with Gasteiger partial charge in [0.05, 0.1) is 19.8 Å². The molecule has 2 aliphatic heterocycles. The van der Waals surface area contributed by atoms with Crippen molar-refractivity contribution in [1.29, 1.82) is 0 Å². The first-order valence-corrected chi connectivity index (χ1v) is 13.0. The highest BCUT2D eigenvalue weighted by atomic mass is 32.2. The predicted molar refractivity (Wildman–Crippen MR) is 129 cm³/mol. The molecule has 0 spiro atoms. The summed E-state index contributed by atoms with van der Waals surface area (Å²) in [6, 6.07) is 3.40. The summed E-state index contributed by atoms with van der Waals surface area (Å²) < 4.78 is 38.8. The summed E-state index contributed by atoms with van der Waals surface area (Å²) in [6.45, 7) is 6.15. The molecule has 0 saturated heterocycles. The number of rotatable bonds is 8. The lowest BCUT2D eigenvalue weighted by Crippen LogP contribution is -2.52. The molecular formula is C23H32N4O7S. The SMILES string of the molecule is CCOc1ccc2c(c1)OCCC2(CCNC(=O)N1CC(C)=C(CC)C1=O)S(=O)(=O)NC(=O)NC. The fraction of sp³-hybridized carbons (Fsp3) is 0.522. The zero-order chi connectivity index (χ0) is 25.8. The maximum Gasteiger partial charge on any atom is 0.328 e. The van der Waals surface area contributed by atoms with E-state index in [1.165, 1.54) is 7.05 Å². The molecule has 11 nitrogen and oxygen atoms in total. The van der Waals surface area contributed by atoms with Gasteiger partial charge in [0.2, 0.25) is 10.0 Å². The van der Waals surface area contributed by atoms with Crippen molar-refractivity contribution in [1.82, 2.24) is 20.3 Å². The molecule has 35 heavy (non-hydrogen) atoms. The maximum atomic E-state index is 13.5. The molecule has 1 aromatic rings. The lowest BCUT2D eigenvalue weighted by atomic mass is 9.89. The van der Waals surface area contributed by atoms with Crippen LogP contribution >= 0.6 is 0 Å². The van der Waals surface area contributed by atoms with Gasteiger partial charge in [-0.25, -0.2) is 22.7 Å². The minimum absolute atomic E-state index is 0.0511. The minimum atomic E-state index is -4.27. The summed E-state index contributed by atoms with van der Waals surface area (Å²) >= 11 is 0. The molecule has 0 radical (unpaired) electrons. The molecule has 3 N–H and O–H groups in total. The van der Waals surface area contributed by atoms with Crippen molar-refractivity contribution in [3.05, 3.63) is 34.9 Å². The summed E-state index contributed by atoms with van der Waals surface area (Å²) in [6.07, 6.45) is 0.533. The van der Waals surface area contributed by atoms with Gasteiger partial charge in [-0.2, -0.15) is 0 Å². The molecule has 2 aliphatic rings. The molecule has 192 valence electrons. The van der Waals surface area contributed by atoms with E-state index in [9.17, 15) is 22.8 Å². The fourth-order valence-corrected chi connectivity index (χ4v) is 6.22. The van der Waals surface area contributed by atoms with Gasteiger partial charge in [-0.15, -0.1) is 0 Å². The van der Waals surface area contributed by atoms with E-state index in [1.807, 2.05) is 20.8 Å². The van der Waals surface area contributed by atoms with Crippen molar-refractivity contribution in [2.75, 3.05) is 33.4 Å². The van der Waals surface area contributed by atoms with Gasteiger partial charge >= 0.3 is 12.1 Å². The highest BCUT2D eigenvalue weighted by Gasteiger charge is 2.50. The van der Waals surface area contributed by atoms with Gasteiger partial charge in [-0.3, -0.25) is 9.69 Å². The van der Waals surface area contributed by atoms with Crippen LogP contribution in [0.5, 0.6) is 11.5 Å². The van der Waals surface area contributed by atoms with Gasteiger partial charge in [0.15, 0.2) is 0 Å². The van der Waals surface area contributed by atoms with Crippen LogP contribution in [0.1, 0.15) is 45.6 Å². The number of ether oxygens (including phenoxy) is 2. The lowest BCUT2D eigenvalue weighted by Gasteiger charge is -2.38. The van der Waals surface area contributed by atoms with Gasteiger partial charge in [0, 0.05) is 37.2 Å². The molecule has 1 aromatic carbocycles. The summed E-state index contributed by atoms with van der Waals surface area (Å²) in [5, 5.41) is 4.93. The second-order valence-electron chi connectivity index (χ2n) is 8.35. The number of benzene rings is 1. The Bertz CT molecular complexity index is 1150. The number of hydrogen-bond acceptors (Lipinski definition) is 7. The van der Waals surface area contributed by atoms with Crippen LogP contribution in [0.4, 0.5) is 9.59 Å². The number of sulfonamides is 1. The zero-order valence-corrected chi connectivity index (χ0v) is 21.2. The third-order valence-electron chi connectivity index (χ3n) is 6.30. The van der Waals surface area contributed by atoms with Gasteiger partial charge < -0.3 is 20.1 Å². The van der Waals surface area contributed by atoms with Crippen LogP contribution in [0.15, 0.2) is 29.3 Å². The smallest absolute Gasteiger partial charge is 0.328 e. The molecule has 2 heterocycles. The quantitative estimate of drug-likeness (QED) is 0.487. The summed E-state index contributed by atoms with van der Waals surface area (Å²) in [5.74, 6) is 0.512. The van der Waals surface area contributed by atoms with Gasteiger partial charge in [0.1, 0.15) is 16.2 Å². The van der Waals surface area contributed by atoms with Gasteiger partial charge in [-0.1, -0.05) is 6.92 Å². The second-order valence-corrected chi connectivity index (χ2v) is 10.3. The topological polar surface area (TPSA) is 143 Å². The Hall–Kier alpha value is -3.28. The Morgan fingerprint density at radius 1 is 1.26 bits per heavy atom. The number of imide groups is 1. The standard InChI is InChI=1S/C23H32N4O7S/c1-5-17-15(3)14-27(20(17)28)22(30)25-11-9-23(35(31,32)26-21(29)24-4)10-12-34-19-13-16(33-6-2)7-8-18(19)23/h7-8,13H,5-6,9-12,14H2,1-4H3,(H,25,30)(H2,24,26,29). The zero-order valence-electron chi connectivity index (χ0n) is 20.4. The van der Waals surface area contributed by atoms with E-state index in [2.05, 4.69) is 15.4 Å². The molecular weight excluding hydrogens is 476 g/mol. The van der Waals surface area contributed by atoms with E-state index in [-0.39, 0.29) is 38.4 Å². The Kier molecular flexibility index (Phi) is 7.93. The highest BCUT2D eigenvalue weighted by molar-refractivity contribution is 7.91. The average molecular weight is 509 g/mol. The summed E-state index contributed by atoms with van der Waals surface area (Å²) in [7, 11) is -2.95. The predicted octanol–water partition coefficient (Wildman–Crippen LogP) is 1.99. The van der Waals surface area contributed by atoms with Crippen molar-refractivity contribution in [2.45, 2.75) is 44.8 Å². The van der Waals surface area contributed by atoms with Gasteiger partial charge in [0.25, 0.3) is 5.91 Å². The van der Waals surface area contributed by atoms with E-state index in [1.54, 1.807) is 18.2 Å². The lowest BCUT2D eigenvalue weighted by molar-refractivity contribution is -0.123. The van der Waals surface area contributed by atoms with Crippen LogP contribution in [0.3, 0.4) is 0 Å². The first-order chi connectivity index (χ1) is 16.6. The molecule has 0 bridgehead atoms. The molecule has 3 rings (SSSR count). The van der Waals surface area contributed by atoms with Crippen molar-refractivity contribution in [2.24, 2.45) is 0 Å². The first-order valence-electron chi connectivity index (χ1n) is 11.5. The minimum Gasteiger partial charge on any atom is -0.494 e. The molecule has 12 heteroatoms. The molecule has 0 fully saturated rings. The van der Waals surface area contributed by atoms with Crippen molar-refractivity contribution < 1.29 is 32.3 Å². The third kappa shape index (κ3) is 5.07. The van der Waals surface area contributed by atoms with Crippen molar-refractivity contribution in [3.63, 3.8) is 0 Å². The molecule has 1 unspecified atom stereocenters. The van der Waals surface area contributed by atoms with Crippen LogP contribution in [-0.2, 0) is 19.6 Å². The number of carbonyl (C=O) groups excluding carboxylic acids is 3. The van der Waals surface area contributed by atoms with Gasteiger partial charge in [-0.05, 0) is 44.4 Å². The molecule has 5 amide bonds. The Balaban J connectivity index is 1.87. The van der Waals surface area contributed by atoms with E-state index >= 15 is 0 Å². The summed E-state index contributed by atoms with van der Waals surface area (Å²) in [4.78, 5) is 38.3. The maximum absolute atomic E-state index is 13.5. The number of hydrogen-bond donors (Lipinski definition) is 3. The number of urea groups is 2. The molecule has 1 atom stereocenters. The monoisotopic (exact) mass is 508 g/mol. The number of nitrogens with zero attached hydrogens (tertiary/aromatic N) is 1. The van der Waals surface area contributed by atoms with E-state index < -0.39 is 26.8 Å². The van der Waals surface area contributed by atoms with Crippen LogP contribution in [0.2, 0.25) is 0 Å². The first kappa shape index (κ1) is 26.3. The van der Waals surface area contributed by atoms with Crippen molar-refractivity contribution >= 4 is 28.0 Å². The second kappa shape index (κ2) is 10.5. The van der Waals surface area contributed by atoms with Crippen LogP contribution < -0.4 is 24.8 Å². The van der Waals surface area contributed by atoms with Crippen LogP contribution in [0.25, 0.3) is 0 Å². The number of fused-ring (bicyclic) bond motifs is 1. The Morgan fingerprint density at radius 2 is 2.00 bits per heavy atom. The Labute approximate surface area is 205 Å². The highest BCUT2D eigenvalue weighted by Crippen LogP contribution is 2.46. The van der Waals surface area contributed by atoms with Crippen LogP contribution in [0, 0.1) is 0 Å². The normalized spacial score (nSPS) is 19.7. The largest absolute Gasteiger partial charge is 0.494 e. The molecule has 0 aromatic heterocycles. The molecule has 0 aliphatic carbocycles. The van der Waals surface area contributed by atoms with E-state index in [4.69, 9.17) is 9.47 Å².